The van der Waals surface area contributed by atoms with Gasteiger partial charge in [0.2, 0.25) is 6.41 Å². The fourth-order valence-electron chi connectivity index (χ4n) is 3.49. The Hall–Kier alpha value is -3.08. The van der Waals surface area contributed by atoms with Crippen molar-refractivity contribution in [3.63, 3.8) is 0 Å². The Morgan fingerprint density at radius 1 is 1.41 bits per heavy atom. The maximum Gasteiger partial charge on any atom is 0.386 e. The Morgan fingerprint density at radius 3 is 2.59 bits per heavy atom. The monoisotopic (exact) mass is 456 g/mol. The highest BCUT2D eigenvalue weighted by atomic mass is 19.4. The highest BCUT2D eigenvalue weighted by molar-refractivity contribution is 6.03. The van der Waals surface area contributed by atoms with E-state index in [0.29, 0.717) is 36.6 Å². The number of anilines is 1. The molecule has 3 rings (SSSR count). The normalized spacial score (nSPS) is 18.3. The number of benzene rings is 1. The molecule has 1 aliphatic heterocycles. The van der Waals surface area contributed by atoms with Crippen LogP contribution in [0.5, 0.6) is 5.75 Å². The molecule has 2 aromatic rings. The number of nitrogens with two attached hydrogens (primary N) is 1. The minimum atomic E-state index is -4.00. The summed E-state index contributed by atoms with van der Waals surface area (Å²) in [6.07, 6.45) is -1.80. The van der Waals surface area contributed by atoms with E-state index in [0.717, 1.165) is 10.8 Å². The first-order valence-electron chi connectivity index (χ1n) is 9.96. The van der Waals surface area contributed by atoms with Crippen molar-refractivity contribution in [1.29, 1.82) is 0 Å². The lowest BCUT2D eigenvalue weighted by atomic mass is 10.1. The molecule has 2 atom stereocenters. The molecule has 0 saturated carbocycles. The minimum absolute atomic E-state index is 0.0275. The van der Waals surface area contributed by atoms with Gasteiger partial charge in [0, 0.05) is 44.1 Å². The summed E-state index contributed by atoms with van der Waals surface area (Å²) in [6, 6.07) is 5.15. The topological polar surface area (TPSA) is 118 Å². The molecule has 2 heterocycles. The molecule has 176 valence electrons. The van der Waals surface area contributed by atoms with Crippen molar-refractivity contribution in [3.05, 3.63) is 30.0 Å². The van der Waals surface area contributed by atoms with Crippen LogP contribution in [-0.4, -0.2) is 60.4 Å². The number of ether oxygens (including phenoxy) is 1. The van der Waals surface area contributed by atoms with Crippen molar-refractivity contribution in [2.75, 3.05) is 24.6 Å². The van der Waals surface area contributed by atoms with Gasteiger partial charge in [-0.3, -0.25) is 9.59 Å². The van der Waals surface area contributed by atoms with Gasteiger partial charge < -0.3 is 25.8 Å². The van der Waals surface area contributed by atoms with Gasteiger partial charge in [0.1, 0.15) is 11.6 Å². The smallest absolute Gasteiger partial charge is 0.386 e. The first-order valence-corrected chi connectivity index (χ1v) is 9.96. The third kappa shape index (κ3) is 6.71. The molecule has 0 aliphatic carbocycles. The van der Waals surface area contributed by atoms with E-state index in [4.69, 9.17) is 10.5 Å². The molecule has 0 radical (unpaired) electrons. The number of carbonyl (C=O) groups is 2. The number of nitrogens with zero attached hydrogens (tertiary/aromatic N) is 2. The number of aliphatic hydroxyl groups excluding tert-OH is 1. The number of hydrogen-bond acceptors (Lipinski definition) is 6. The van der Waals surface area contributed by atoms with E-state index in [1.54, 1.807) is 18.3 Å². The van der Waals surface area contributed by atoms with Crippen LogP contribution in [0.2, 0.25) is 0 Å². The Kier molecular flexibility index (Phi) is 8.25. The number of rotatable bonds is 7. The lowest BCUT2D eigenvalue weighted by Gasteiger charge is -2.21. The van der Waals surface area contributed by atoms with Gasteiger partial charge in [0.05, 0.1) is 17.7 Å². The number of aliphatic hydroxyl groups is 1. The third-order valence-electron chi connectivity index (χ3n) is 4.73. The van der Waals surface area contributed by atoms with E-state index in [1.165, 1.54) is 0 Å². The summed E-state index contributed by atoms with van der Waals surface area (Å²) >= 11 is 0. The van der Waals surface area contributed by atoms with Crippen LogP contribution in [-0.2, 0) is 4.79 Å². The first-order chi connectivity index (χ1) is 14.9. The van der Waals surface area contributed by atoms with Crippen LogP contribution in [0.1, 0.15) is 31.1 Å². The van der Waals surface area contributed by atoms with Gasteiger partial charge in [-0.2, -0.15) is 13.2 Å². The van der Waals surface area contributed by atoms with Crippen LogP contribution >= 0.6 is 0 Å². The Labute approximate surface area is 183 Å². The number of nitrogens with one attached hydrogen (secondary N) is 1. The second-order valence-corrected chi connectivity index (χ2v) is 7.75. The lowest BCUT2D eigenvalue weighted by molar-refractivity contribution is -0.111. The Balaban J connectivity index is 0.000000654. The van der Waals surface area contributed by atoms with E-state index < -0.39 is 12.1 Å². The summed E-state index contributed by atoms with van der Waals surface area (Å²) in [5.41, 5.74) is 5.84. The zero-order valence-corrected chi connectivity index (χ0v) is 18.0. The van der Waals surface area contributed by atoms with E-state index in [-0.39, 0.29) is 31.6 Å². The summed E-state index contributed by atoms with van der Waals surface area (Å²) in [5.74, 6) is 0.497. The van der Waals surface area contributed by atoms with Gasteiger partial charge in [-0.15, -0.1) is 0 Å². The molecule has 0 spiro atoms. The van der Waals surface area contributed by atoms with Crippen molar-refractivity contribution in [3.8, 4) is 5.75 Å². The number of halogens is 3. The maximum absolute atomic E-state index is 11.8. The molecule has 4 N–H and O–H groups in total. The summed E-state index contributed by atoms with van der Waals surface area (Å²) < 4.78 is 36.9. The van der Waals surface area contributed by atoms with E-state index in [1.807, 2.05) is 24.8 Å². The van der Waals surface area contributed by atoms with Crippen LogP contribution in [0.4, 0.5) is 19.0 Å². The Morgan fingerprint density at radius 2 is 2.06 bits per heavy atom. The number of aromatic nitrogens is 1. The quantitative estimate of drug-likeness (QED) is 0.550. The van der Waals surface area contributed by atoms with Gasteiger partial charge in [-0.25, -0.2) is 4.98 Å². The second-order valence-electron chi connectivity index (χ2n) is 7.75. The molecule has 8 nitrogen and oxygen atoms in total. The number of primary amides is 1. The number of fused-ring (bicyclic) bond motifs is 1. The number of pyridine rings is 1. The zero-order chi connectivity index (χ0) is 24.1. The molecule has 32 heavy (non-hydrogen) atoms. The average molecular weight is 456 g/mol. The maximum atomic E-state index is 11.8. The van der Waals surface area contributed by atoms with Crippen molar-refractivity contribution in [2.24, 2.45) is 11.7 Å². The van der Waals surface area contributed by atoms with Gasteiger partial charge in [0.15, 0.2) is 0 Å². The van der Waals surface area contributed by atoms with Gasteiger partial charge in [-0.05, 0) is 37.4 Å². The second kappa shape index (κ2) is 10.5. The van der Waals surface area contributed by atoms with Gasteiger partial charge in [-0.1, -0.05) is 0 Å². The molecule has 0 bridgehead atoms. The van der Waals surface area contributed by atoms with Gasteiger partial charge in [0.25, 0.3) is 5.91 Å². The summed E-state index contributed by atoms with van der Waals surface area (Å²) in [7, 11) is 0. The minimum Gasteiger partial charge on any atom is -0.490 e. The van der Waals surface area contributed by atoms with Crippen molar-refractivity contribution in [1.82, 2.24) is 10.3 Å². The zero-order valence-electron chi connectivity index (χ0n) is 18.0. The van der Waals surface area contributed by atoms with E-state index in [2.05, 4.69) is 10.3 Å². The number of alkyl halides is 3. The molecule has 1 aromatic carbocycles. The van der Waals surface area contributed by atoms with Crippen molar-refractivity contribution < 1.29 is 32.6 Å². The van der Waals surface area contributed by atoms with E-state index >= 15 is 0 Å². The molecule has 2 amide bonds. The number of carbonyl (C=O) groups excluding carboxylic acids is 2. The highest BCUT2D eigenvalue weighted by Crippen LogP contribution is 2.34. The van der Waals surface area contributed by atoms with Crippen LogP contribution in [0.25, 0.3) is 10.8 Å². The predicted molar refractivity (Wildman–Crippen MR) is 114 cm³/mol. The molecule has 1 saturated heterocycles. The van der Waals surface area contributed by atoms with Gasteiger partial charge >= 0.3 is 6.18 Å². The SMILES string of the molecule is CC(C)Oc1cc2c(N3CC(CO)C(NC=O)C3)nccc2cc1C(N)=O.CC(F)(F)F. The number of amides is 2. The molecule has 2 unspecified atom stereocenters. The molecular formula is C21H27F3N4O4. The fourth-order valence-corrected chi connectivity index (χ4v) is 3.49. The molecule has 1 aliphatic rings. The first kappa shape index (κ1) is 25.2. The standard InChI is InChI=1S/C19H24N4O4.C2H3F3/c1-11(2)27-17-6-14-12(5-15(17)18(20)26)3-4-21-19(14)23-7-13(9-24)16(8-23)22-10-25;1-2(3,4)5/h3-6,10-11,13,16,24H,7-9H2,1-2H3,(H2,20,26)(H,22,25);1H3. The number of hydrogen-bond donors (Lipinski definition) is 3. The van der Waals surface area contributed by atoms with Crippen LogP contribution in [0.15, 0.2) is 24.4 Å². The predicted octanol–water partition coefficient (Wildman–Crippen LogP) is 2.23. The average Bonchev–Trinajstić information content (AvgIpc) is 3.08. The Bertz CT molecular complexity index is 947. The highest BCUT2D eigenvalue weighted by Gasteiger charge is 2.33. The summed E-state index contributed by atoms with van der Waals surface area (Å²) in [4.78, 5) is 29.2. The molecule has 11 heteroatoms. The van der Waals surface area contributed by atoms with Crippen molar-refractivity contribution in [2.45, 2.75) is 39.1 Å². The molecule has 1 aromatic heterocycles. The summed E-state index contributed by atoms with van der Waals surface area (Å²) in [5, 5.41) is 14.0. The largest absolute Gasteiger partial charge is 0.490 e. The van der Waals surface area contributed by atoms with Crippen molar-refractivity contribution >= 4 is 28.9 Å². The fraction of sp³-hybridized carbons (Fsp3) is 0.476. The lowest BCUT2D eigenvalue weighted by Crippen LogP contribution is -2.36. The molecular weight excluding hydrogens is 429 g/mol. The molecule has 1 fully saturated rings. The van der Waals surface area contributed by atoms with Crippen LogP contribution < -0.4 is 20.7 Å². The summed E-state index contributed by atoms with van der Waals surface area (Å²) in [6.45, 7) is 5.01. The van der Waals surface area contributed by atoms with E-state index in [9.17, 15) is 27.9 Å². The van der Waals surface area contributed by atoms with Crippen LogP contribution in [0, 0.1) is 5.92 Å². The third-order valence-corrected chi connectivity index (χ3v) is 4.73. The van der Waals surface area contributed by atoms with Crippen LogP contribution in [0.3, 0.4) is 0 Å².